The molecule has 1 fully saturated rings. The van der Waals surface area contributed by atoms with Crippen LogP contribution in [0.1, 0.15) is 16.8 Å². The second-order valence-corrected chi connectivity index (χ2v) is 6.79. The van der Waals surface area contributed by atoms with Crippen LogP contribution in [0, 0.1) is 0 Å². The third-order valence-corrected chi connectivity index (χ3v) is 4.74. The monoisotopic (exact) mass is 402 g/mol. The smallest absolute Gasteiger partial charge is 0.257 e. The van der Waals surface area contributed by atoms with E-state index in [1.165, 1.54) is 21.3 Å². The first-order chi connectivity index (χ1) is 14.0. The molecule has 1 atom stereocenters. The highest BCUT2D eigenvalue weighted by molar-refractivity contribution is 5.98. The van der Waals surface area contributed by atoms with Crippen LogP contribution in [0.15, 0.2) is 24.3 Å². The van der Waals surface area contributed by atoms with Gasteiger partial charge in [-0.05, 0) is 18.2 Å². The van der Waals surface area contributed by atoms with Crippen molar-refractivity contribution in [2.75, 3.05) is 53.4 Å². The van der Waals surface area contributed by atoms with E-state index in [1.54, 1.807) is 23.1 Å². The first kappa shape index (κ1) is 20.5. The molecule has 0 saturated carbocycles. The molecule has 9 nitrogen and oxygen atoms in total. The zero-order valence-corrected chi connectivity index (χ0v) is 17.3. The normalized spacial score (nSPS) is 15.8. The quantitative estimate of drug-likeness (QED) is 0.694. The molecule has 1 aromatic heterocycles. The summed E-state index contributed by atoms with van der Waals surface area (Å²) in [5.41, 5.74) is 0.418. The van der Waals surface area contributed by atoms with E-state index in [9.17, 15) is 4.79 Å². The predicted molar refractivity (Wildman–Crippen MR) is 107 cm³/mol. The van der Waals surface area contributed by atoms with Crippen LogP contribution < -0.4 is 23.8 Å². The van der Waals surface area contributed by atoms with Crippen molar-refractivity contribution < 1.29 is 23.7 Å². The number of amides is 1. The molecule has 2 aromatic rings. The molecule has 0 aliphatic carbocycles. The van der Waals surface area contributed by atoms with Gasteiger partial charge in [-0.15, -0.1) is 10.2 Å². The Morgan fingerprint density at radius 3 is 2.38 bits per heavy atom. The lowest BCUT2D eigenvalue weighted by atomic mass is 10.1. The number of carbonyl (C=O) groups is 1. The minimum atomic E-state index is -0.150. The molecular weight excluding hydrogens is 376 g/mol. The molecule has 156 valence electrons. The Balaban J connectivity index is 1.70. The van der Waals surface area contributed by atoms with E-state index in [0.29, 0.717) is 48.2 Å². The number of aromatic nitrogens is 2. The van der Waals surface area contributed by atoms with Crippen LogP contribution in [-0.4, -0.2) is 75.6 Å². The van der Waals surface area contributed by atoms with Gasteiger partial charge in [-0.3, -0.25) is 4.79 Å². The molecule has 1 aromatic carbocycles. The van der Waals surface area contributed by atoms with Crippen LogP contribution in [0.4, 0.5) is 5.82 Å². The van der Waals surface area contributed by atoms with Gasteiger partial charge in [0.1, 0.15) is 6.10 Å². The lowest BCUT2D eigenvalue weighted by Crippen LogP contribution is -2.31. The third kappa shape index (κ3) is 4.28. The van der Waals surface area contributed by atoms with Crippen LogP contribution in [0.5, 0.6) is 23.1 Å². The van der Waals surface area contributed by atoms with Crippen molar-refractivity contribution in [1.29, 1.82) is 0 Å². The summed E-state index contributed by atoms with van der Waals surface area (Å²) >= 11 is 0. The van der Waals surface area contributed by atoms with Gasteiger partial charge < -0.3 is 28.7 Å². The van der Waals surface area contributed by atoms with Crippen molar-refractivity contribution in [3.05, 3.63) is 29.8 Å². The molecule has 0 spiro atoms. The summed E-state index contributed by atoms with van der Waals surface area (Å²) in [6.07, 6.45) is 0.558. The lowest BCUT2D eigenvalue weighted by Gasteiger charge is -2.20. The maximum atomic E-state index is 13.1. The van der Waals surface area contributed by atoms with Gasteiger partial charge in [0, 0.05) is 33.1 Å². The van der Waals surface area contributed by atoms with Crippen molar-refractivity contribution in [2.45, 2.75) is 12.5 Å². The van der Waals surface area contributed by atoms with Crippen molar-refractivity contribution in [1.82, 2.24) is 15.1 Å². The lowest BCUT2D eigenvalue weighted by molar-refractivity contribution is 0.0767. The molecular formula is C20H26N4O5. The van der Waals surface area contributed by atoms with E-state index in [4.69, 9.17) is 18.9 Å². The average molecular weight is 402 g/mol. The highest BCUT2D eigenvalue weighted by Gasteiger charge is 2.31. The van der Waals surface area contributed by atoms with E-state index < -0.39 is 0 Å². The molecule has 0 bridgehead atoms. The first-order valence-corrected chi connectivity index (χ1v) is 9.24. The highest BCUT2D eigenvalue weighted by atomic mass is 16.5. The van der Waals surface area contributed by atoms with Crippen molar-refractivity contribution >= 4 is 11.7 Å². The molecule has 0 N–H and O–H groups in total. The fraction of sp³-hybridized carbons (Fsp3) is 0.450. The SMILES string of the molecule is COc1ccc(C(=O)N2CCC(Oc3ccc(N(C)C)nn3)C2)c(OC)c1OC. The zero-order valence-electron chi connectivity index (χ0n) is 17.3. The Hall–Kier alpha value is -3.23. The van der Waals surface area contributed by atoms with E-state index in [-0.39, 0.29) is 12.0 Å². The standard InChI is InChI=1S/C20H26N4O5/c1-23(2)16-8-9-17(22-21-16)29-13-10-11-24(12-13)20(25)14-6-7-15(26-3)19(28-5)18(14)27-4/h6-9,13H,10-12H2,1-5H3. The Labute approximate surface area is 170 Å². The van der Waals surface area contributed by atoms with Crippen molar-refractivity contribution in [3.63, 3.8) is 0 Å². The zero-order chi connectivity index (χ0) is 21.0. The van der Waals surface area contributed by atoms with Crippen LogP contribution in [0.3, 0.4) is 0 Å². The van der Waals surface area contributed by atoms with Crippen LogP contribution in [0.25, 0.3) is 0 Å². The summed E-state index contributed by atoms with van der Waals surface area (Å²) in [6, 6.07) is 7.00. The molecule has 1 saturated heterocycles. The molecule has 0 radical (unpaired) electrons. The van der Waals surface area contributed by atoms with Crippen LogP contribution in [0.2, 0.25) is 0 Å². The molecule has 1 aliphatic rings. The second-order valence-electron chi connectivity index (χ2n) is 6.79. The number of rotatable bonds is 7. The first-order valence-electron chi connectivity index (χ1n) is 9.24. The number of hydrogen-bond donors (Lipinski definition) is 0. The number of nitrogens with zero attached hydrogens (tertiary/aromatic N) is 4. The predicted octanol–water partition coefficient (Wildman–Crippen LogP) is 1.86. The number of benzene rings is 1. The van der Waals surface area contributed by atoms with E-state index in [1.807, 2.05) is 25.1 Å². The number of anilines is 1. The van der Waals surface area contributed by atoms with Crippen LogP contribution in [-0.2, 0) is 0 Å². The fourth-order valence-electron chi connectivity index (χ4n) is 3.23. The van der Waals surface area contributed by atoms with Gasteiger partial charge >= 0.3 is 0 Å². The molecule has 9 heteroatoms. The number of carbonyl (C=O) groups excluding carboxylic acids is 1. The summed E-state index contributed by atoms with van der Waals surface area (Å²) in [4.78, 5) is 16.7. The maximum Gasteiger partial charge on any atom is 0.257 e. The summed E-state index contributed by atoms with van der Waals surface area (Å²) in [5.74, 6) is 2.29. The molecule has 1 aliphatic heterocycles. The fourth-order valence-corrected chi connectivity index (χ4v) is 3.23. The maximum absolute atomic E-state index is 13.1. The van der Waals surface area contributed by atoms with Gasteiger partial charge in [-0.1, -0.05) is 0 Å². The summed E-state index contributed by atoms with van der Waals surface area (Å²) in [7, 11) is 8.34. The van der Waals surface area contributed by atoms with Gasteiger partial charge in [0.25, 0.3) is 5.91 Å². The number of ether oxygens (including phenoxy) is 4. The van der Waals surface area contributed by atoms with Gasteiger partial charge in [0.2, 0.25) is 11.6 Å². The molecule has 3 rings (SSSR count). The Morgan fingerprint density at radius 1 is 1.03 bits per heavy atom. The minimum Gasteiger partial charge on any atom is -0.493 e. The summed E-state index contributed by atoms with van der Waals surface area (Å²) in [5, 5.41) is 8.20. The highest BCUT2D eigenvalue weighted by Crippen LogP contribution is 2.40. The van der Waals surface area contributed by atoms with Gasteiger partial charge in [0.05, 0.1) is 33.4 Å². The molecule has 29 heavy (non-hydrogen) atoms. The number of hydrogen-bond acceptors (Lipinski definition) is 8. The van der Waals surface area contributed by atoms with Gasteiger partial charge in [-0.25, -0.2) is 0 Å². The van der Waals surface area contributed by atoms with Gasteiger partial charge in [-0.2, -0.15) is 0 Å². The Bertz CT molecular complexity index is 857. The van der Waals surface area contributed by atoms with E-state index in [0.717, 1.165) is 5.82 Å². The minimum absolute atomic E-state index is 0.149. The second kappa shape index (κ2) is 8.85. The number of likely N-dealkylation sites (tertiary alicyclic amines) is 1. The van der Waals surface area contributed by atoms with E-state index in [2.05, 4.69) is 10.2 Å². The molecule has 1 amide bonds. The third-order valence-electron chi connectivity index (χ3n) is 4.74. The number of methoxy groups -OCH3 is 3. The Kier molecular flexibility index (Phi) is 6.26. The summed E-state index contributed by atoms with van der Waals surface area (Å²) in [6.45, 7) is 1.03. The largest absolute Gasteiger partial charge is 0.493 e. The molecule has 2 heterocycles. The topological polar surface area (TPSA) is 86.2 Å². The summed E-state index contributed by atoms with van der Waals surface area (Å²) < 4.78 is 22.0. The molecule has 1 unspecified atom stereocenters. The van der Waals surface area contributed by atoms with Crippen LogP contribution >= 0.6 is 0 Å². The van der Waals surface area contributed by atoms with E-state index >= 15 is 0 Å². The van der Waals surface area contributed by atoms with Crippen molar-refractivity contribution in [3.8, 4) is 23.1 Å². The van der Waals surface area contributed by atoms with Gasteiger partial charge in [0.15, 0.2) is 17.3 Å². The Morgan fingerprint density at radius 2 is 1.79 bits per heavy atom. The average Bonchev–Trinajstić information content (AvgIpc) is 3.20. The van der Waals surface area contributed by atoms with Crippen molar-refractivity contribution in [2.24, 2.45) is 0 Å².